The molecule has 23 heavy (non-hydrogen) atoms. The van der Waals surface area contributed by atoms with Gasteiger partial charge < -0.3 is 10.1 Å². The zero-order chi connectivity index (χ0) is 16.2. The molecule has 0 aromatic carbocycles. The van der Waals surface area contributed by atoms with E-state index in [1.807, 2.05) is 36.9 Å². The van der Waals surface area contributed by atoms with E-state index in [9.17, 15) is 4.79 Å². The predicted molar refractivity (Wildman–Crippen MR) is 85.5 cm³/mol. The highest BCUT2D eigenvalue weighted by Crippen LogP contribution is 2.34. The molecule has 122 valence electrons. The lowest BCUT2D eigenvalue weighted by Crippen LogP contribution is -2.34. The van der Waals surface area contributed by atoms with Crippen LogP contribution < -0.4 is 5.32 Å². The fourth-order valence-electron chi connectivity index (χ4n) is 2.94. The molecule has 0 spiro atoms. The molecule has 6 nitrogen and oxygen atoms in total. The van der Waals surface area contributed by atoms with Crippen LogP contribution in [0.25, 0.3) is 0 Å². The van der Waals surface area contributed by atoms with Crippen molar-refractivity contribution in [2.45, 2.75) is 39.0 Å². The number of rotatable bonds is 5. The van der Waals surface area contributed by atoms with Gasteiger partial charge in [-0.15, -0.1) is 0 Å². The Morgan fingerprint density at radius 2 is 2.26 bits per heavy atom. The topological polar surface area (TPSA) is 69.0 Å². The summed E-state index contributed by atoms with van der Waals surface area (Å²) in [5.74, 6) is -0.144. The van der Waals surface area contributed by atoms with Gasteiger partial charge in [-0.25, -0.2) is 0 Å². The third-order valence-electron chi connectivity index (χ3n) is 4.30. The Kier molecular flexibility index (Phi) is 4.71. The first-order valence-electron chi connectivity index (χ1n) is 8.03. The summed E-state index contributed by atoms with van der Waals surface area (Å²) >= 11 is 0. The maximum absolute atomic E-state index is 12.7. The normalized spacial score (nSPS) is 22.0. The fourth-order valence-corrected chi connectivity index (χ4v) is 2.94. The summed E-state index contributed by atoms with van der Waals surface area (Å²) in [7, 11) is 0. The Labute approximate surface area is 135 Å². The second-order valence-corrected chi connectivity index (χ2v) is 5.83. The van der Waals surface area contributed by atoms with Crippen LogP contribution in [0.15, 0.2) is 36.9 Å². The SMILES string of the molecule is CCn1cc([C@H]2OCC[C@@H]2C(=O)N[C@@H](C)c2ccncc2)cn1. The van der Waals surface area contributed by atoms with Gasteiger partial charge in [-0.1, -0.05) is 0 Å². The van der Waals surface area contributed by atoms with Crippen molar-refractivity contribution in [1.82, 2.24) is 20.1 Å². The lowest BCUT2D eigenvalue weighted by atomic mass is 9.96. The maximum atomic E-state index is 12.7. The van der Waals surface area contributed by atoms with E-state index in [4.69, 9.17) is 4.74 Å². The van der Waals surface area contributed by atoms with Gasteiger partial charge in [0, 0.05) is 37.3 Å². The number of aryl methyl sites for hydroxylation is 1. The number of pyridine rings is 1. The van der Waals surface area contributed by atoms with Crippen LogP contribution in [0.2, 0.25) is 0 Å². The van der Waals surface area contributed by atoms with Crippen molar-refractivity contribution in [2.24, 2.45) is 5.92 Å². The lowest BCUT2D eigenvalue weighted by Gasteiger charge is -2.20. The largest absolute Gasteiger partial charge is 0.373 e. The van der Waals surface area contributed by atoms with E-state index in [1.54, 1.807) is 18.6 Å². The van der Waals surface area contributed by atoms with Gasteiger partial charge in [0.15, 0.2) is 0 Å². The Hall–Kier alpha value is -2.21. The number of amides is 1. The van der Waals surface area contributed by atoms with E-state index in [0.29, 0.717) is 6.61 Å². The van der Waals surface area contributed by atoms with Crippen LogP contribution in [0.5, 0.6) is 0 Å². The van der Waals surface area contributed by atoms with Crippen molar-refractivity contribution in [3.05, 3.63) is 48.0 Å². The van der Waals surface area contributed by atoms with E-state index >= 15 is 0 Å². The predicted octanol–water partition coefficient (Wildman–Crippen LogP) is 2.25. The molecule has 6 heteroatoms. The molecule has 3 atom stereocenters. The fraction of sp³-hybridized carbons (Fsp3) is 0.471. The smallest absolute Gasteiger partial charge is 0.226 e. The van der Waals surface area contributed by atoms with E-state index in [2.05, 4.69) is 15.4 Å². The van der Waals surface area contributed by atoms with E-state index < -0.39 is 0 Å². The number of hydrogen-bond donors (Lipinski definition) is 1. The van der Waals surface area contributed by atoms with Crippen LogP contribution in [0.3, 0.4) is 0 Å². The molecule has 0 bridgehead atoms. The van der Waals surface area contributed by atoms with E-state index in [0.717, 1.165) is 24.1 Å². The second kappa shape index (κ2) is 6.91. The summed E-state index contributed by atoms with van der Waals surface area (Å²) < 4.78 is 7.65. The highest BCUT2D eigenvalue weighted by Gasteiger charge is 2.36. The van der Waals surface area contributed by atoms with Crippen LogP contribution in [-0.2, 0) is 16.1 Å². The molecule has 1 fully saturated rings. The number of carbonyl (C=O) groups excluding carboxylic acids is 1. The van der Waals surface area contributed by atoms with Crippen molar-refractivity contribution >= 4 is 5.91 Å². The van der Waals surface area contributed by atoms with Crippen molar-refractivity contribution in [3.63, 3.8) is 0 Å². The summed E-state index contributed by atoms with van der Waals surface area (Å²) in [5.41, 5.74) is 2.02. The van der Waals surface area contributed by atoms with Gasteiger partial charge in [0.2, 0.25) is 5.91 Å². The Bertz CT molecular complexity index is 656. The molecule has 1 N–H and O–H groups in total. The van der Waals surface area contributed by atoms with Gasteiger partial charge >= 0.3 is 0 Å². The second-order valence-electron chi connectivity index (χ2n) is 5.83. The Morgan fingerprint density at radius 3 is 2.96 bits per heavy atom. The van der Waals surface area contributed by atoms with E-state index in [-0.39, 0.29) is 24.0 Å². The van der Waals surface area contributed by atoms with Crippen LogP contribution in [0.4, 0.5) is 0 Å². The number of nitrogens with zero attached hydrogens (tertiary/aromatic N) is 3. The summed E-state index contributed by atoms with van der Waals surface area (Å²) in [5, 5.41) is 7.36. The summed E-state index contributed by atoms with van der Waals surface area (Å²) in [4.78, 5) is 16.7. The molecule has 1 saturated heterocycles. The highest BCUT2D eigenvalue weighted by atomic mass is 16.5. The zero-order valence-corrected chi connectivity index (χ0v) is 13.5. The monoisotopic (exact) mass is 314 g/mol. The first kappa shape index (κ1) is 15.7. The molecule has 3 heterocycles. The molecule has 1 aliphatic heterocycles. The molecule has 3 rings (SSSR count). The van der Waals surface area contributed by atoms with Gasteiger partial charge in [-0.2, -0.15) is 5.10 Å². The molecule has 2 aromatic heterocycles. The minimum absolute atomic E-state index is 0.0288. The molecule has 2 aromatic rings. The van der Waals surface area contributed by atoms with Gasteiger partial charge in [-0.05, 0) is 38.0 Å². The molecule has 0 aliphatic carbocycles. The number of nitrogens with one attached hydrogen (secondary N) is 1. The molecular weight excluding hydrogens is 292 g/mol. The summed E-state index contributed by atoms with van der Waals surface area (Å²) in [6.07, 6.45) is 7.75. The van der Waals surface area contributed by atoms with E-state index in [1.165, 1.54) is 0 Å². The Morgan fingerprint density at radius 1 is 1.48 bits per heavy atom. The van der Waals surface area contributed by atoms with Crippen molar-refractivity contribution < 1.29 is 9.53 Å². The quantitative estimate of drug-likeness (QED) is 0.919. The van der Waals surface area contributed by atoms with Gasteiger partial charge in [0.05, 0.1) is 24.3 Å². The summed E-state index contributed by atoms with van der Waals surface area (Å²) in [6, 6.07) is 3.78. The number of ether oxygens (including phenoxy) is 1. The third kappa shape index (κ3) is 3.42. The number of hydrogen-bond acceptors (Lipinski definition) is 4. The molecule has 0 saturated carbocycles. The van der Waals surface area contributed by atoms with Crippen LogP contribution in [-0.4, -0.2) is 27.3 Å². The standard InChI is InChI=1S/C17H22N4O2/c1-3-21-11-14(10-19-21)16-15(6-9-23-16)17(22)20-12(2)13-4-7-18-8-5-13/h4-5,7-8,10-12,15-16H,3,6,9H2,1-2H3,(H,20,22)/t12-,15-,16+/m0/s1. The molecular formula is C17H22N4O2. The lowest BCUT2D eigenvalue weighted by molar-refractivity contribution is -0.127. The van der Waals surface area contributed by atoms with Gasteiger partial charge in [0.1, 0.15) is 0 Å². The Balaban J connectivity index is 1.68. The first-order valence-corrected chi connectivity index (χ1v) is 8.03. The average Bonchev–Trinajstić information content (AvgIpc) is 3.24. The van der Waals surface area contributed by atoms with Gasteiger partial charge in [-0.3, -0.25) is 14.5 Å². The van der Waals surface area contributed by atoms with Crippen LogP contribution >= 0.6 is 0 Å². The van der Waals surface area contributed by atoms with Crippen molar-refractivity contribution in [1.29, 1.82) is 0 Å². The zero-order valence-electron chi connectivity index (χ0n) is 13.5. The average molecular weight is 314 g/mol. The maximum Gasteiger partial charge on any atom is 0.226 e. The molecule has 1 amide bonds. The molecule has 1 aliphatic rings. The molecule has 0 unspecified atom stereocenters. The minimum Gasteiger partial charge on any atom is -0.373 e. The van der Waals surface area contributed by atoms with Crippen LogP contribution in [0, 0.1) is 5.92 Å². The first-order chi connectivity index (χ1) is 11.2. The number of aromatic nitrogens is 3. The van der Waals surface area contributed by atoms with Crippen molar-refractivity contribution in [3.8, 4) is 0 Å². The van der Waals surface area contributed by atoms with Crippen LogP contribution in [0.1, 0.15) is 43.5 Å². The van der Waals surface area contributed by atoms with Gasteiger partial charge in [0.25, 0.3) is 0 Å². The minimum atomic E-state index is -0.208. The molecule has 0 radical (unpaired) electrons. The third-order valence-corrected chi connectivity index (χ3v) is 4.30. The van der Waals surface area contributed by atoms with Crippen molar-refractivity contribution in [2.75, 3.05) is 6.61 Å². The highest BCUT2D eigenvalue weighted by molar-refractivity contribution is 5.80. The number of carbonyl (C=O) groups is 1. The summed E-state index contributed by atoms with van der Waals surface area (Å²) in [6.45, 7) is 5.42.